The summed E-state index contributed by atoms with van der Waals surface area (Å²) in [7, 11) is -6.37. The summed E-state index contributed by atoms with van der Waals surface area (Å²) in [5.74, 6) is 0.240. The van der Waals surface area contributed by atoms with Crippen LogP contribution in [-0.4, -0.2) is 55.1 Å². The Bertz CT molecular complexity index is 1110. The lowest BCUT2D eigenvalue weighted by Crippen LogP contribution is -2.08. The van der Waals surface area contributed by atoms with E-state index < -0.39 is 22.4 Å². The van der Waals surface area contributed by atoms with Gasteiger partial charge in [-0.2, -0.15) is 0 Å². The zero-order valence-corrected chi connectivity index (χ0v) is 17.8. The molecule has 2 heterocycles. The summed E-state index contributed by atoms with van der Waals surface area (Å²) in [6.45, 7) is 2.93. The third-order valence-corrected chi connectivity index (χ3v) is 8.49. The summed E-state index contributed by atoms with van der Waals surface area (Å²) in [5, 5.41) is 11.4. The molecule has 4 rings (SSSR count). The Hall–Kier alpha value is -2.30. The highest BCUT2D eigenvalue weighted by atomic mass is 32.2. The normalized spacial score (nSPS) is 17.0. The largest absolute Gasteiger partial charge is 0.450 e. The standard InChI is InChI=1S/C18H20N3O7PS/c1-30(25,26)16-5-3-15(4-6-16)28-18-12-14(2-7-17(18)21(22)23)13-27-29(24,19-8-9-19)20-10-11-20/h2-7,12H,8-11,13H2,1H3. The minimum absolute atomic E-state index is 0.0125. The van der Waals surface area contributed by atoms with Crippen molar-refractivity contribution in [1.29, 1.82) is 0 Å². The highest BCUT2D eigenvalue weighted by molar-refractivity contribution is 7.90. The number of nitro benzene ring substituents is 1. The molecule has 0 atom stereocenters. The van der Waals surface area contributed by atoms with Gasteiger partial charge in [0.2, 0.25) is 5.75 Å². The van der Waals surface area contributed by atoms with E-state index in [9.17, 15) is 23.1 Å². The molecule has 2 aromatic carbocycles. The van der Waals surface area contributed by atoms with Gasteiger partial charge in [0.05, 0.1) is 16.4 Å². The topological polar surface area (TPSA) is 119 Å². The average molecular weight is 453 g/mol. The van der Waals surface area contributed by atoms with Gasteiger partial charge in [0.25, 0.3) is 0 Å². The Balaban J connectivity index is 1.54. The summed E-state index contributed by atoms with van der Waals surface area (Å²) >= 11 is 0. The molecule has 30 heavy (non-hydrogen) atoms. The van der Waals surface area contributed by atoms with E-state index in [-0.39, 0.29) is 28.7 Å². The summed E-state index contributed by atoms with van der Waals surface area (Å²) in [5.41, 5.74) is 0.332. The molecule has 0 saturated carbocycles. The fourth-order valence-corrected chi connectivity index (χ4v) is 5.68. The number of benzene rings is 2. The maximum absolute atomic E-state index is 13.0. The Morgan fingerprint density at radius 3 is 2.17 bits per heavy atom. The van der Waals surface area contributed by atoms with Crippen LogP contribution in [0.25, 0.3) is 0 Å². The third kappa shape index (κ3) is 4.55. The van der Waals surface area contributed by atoms with E-state index >= 15 is 0 Å². The molecule has 12 heteroatoms. The number of hydrogen-bond acceptors (Lipinski definition) is 7. The molecular formula is C18H20N3O7PS. The van der Waals surface area contributed by atoms with Crippen molar-refractivity contribution in [2.24, 2.45) is 0 Å². The van der Waals surface area contributed by atoms with Crippen LogP contribution in [-0.2, 0) is 25.5 Å². The average Bonchev–Trinajstić information content (AvgIpc) is 3.57. The number of nitro groups is 1. The molecule has 0 spiro atoms. The van der Waals surface area contributed by atoms with Crippen molar-refractivity contribution in [3.63, 3.8) is 0 Å². The van der Waals surface area contributed by atoms with Gasteiger partial charge in [-0.25, -0.2) is 17.8 Å². The van der Waals surface area contributed by atoms with Gasteiger partial charge in [-0.05, 0) is 42.0 Å². The molecule has 2 aromatic rings. The van der Waals surface area contributed by atoms with Crippen molar-refractivity contribution in [3.8, 4) is 11.5 Å². The van der Waals surface area contributed by atoms with Gasteiger partial charge >= 0.3 is 13.4 Å². The molecule has 0 unspecified atom stereocenters. The van der Waals surface area contributed by atoms with Crippen LogP contribution >= 0.6 is 7.67 Å². The molecule has 0 aromatic heterocycles. The molecule has 2 aliphatic rings. The number of rotatable bonds is 9. The van der Waals surface area contributed by atoms with Crippen molar-refractivity contribution in [3.05, 3.63) is 58.1 Å². The fourth-order valence-electron chi connectivity index (χ4n) is 2.86. The van der Waals surface area contributed by atoms with Crippen LogP contribution in [0.5, 0.6) is 11.5 Å². The van der Waals surface area contributed by atoms with E-state index in [1.807, 2.05) is 0 Å². The monoisotopic (exact) mass is 453 g/mol. The van der Waals surface area contributed by atoms with E-state index in [1.54, 1.807) is 9.34 Å². The summed E-state index contributed by atoms with van der Waals surface area (Å²) in [6.07, 6.45) is 1.09. The minimum Gasteiger partial charge on any atom is -0.450 e. The second-order valence-corrected chi connectivity index (χ2v) is 11.5. The number of nitrogens with zero attached hydrogens (tertiary/aromatic N) is 3. The zero-order chi connectivity index (χ0) is 21.5. The quantitative estimate of drug-likeness (QED) is 0.244. The van der Waals surface area contributed by atoms with Crippen molar-refractivity contribution in [2.75, 3.05) is 32.4 Å². The maximum Gasteiger partial charge on any atom is 0.346 e. The van der Waals surface area contributed by atoms with E-state index in [2.05, 4.69) is 0 Å². The molecule has 160 valence electrons. The smallest absolute Gasteiger partial charge is 0.346 e. The van der Waals surface area contributed by atoms with Crippen LogP contribution in [0.15, 0.2) is 47.4 Å². The molecule has 2 aliphatic heterocycles. The molecule has 0 aliphatic carbocycles. The highest BCUT2D eigenvalue weighted by Gasteiger charge is 2.49. The van der Waals surface area contributed by atoms with Crippen LogP contribution in [0, 0.1) is 10.1 Å². The van der Waals surface area contributed by atoms with E-state index in [1.165, 1.54) is 42.5 Å². The number of hydrogen-bond donors (Lipinski definition) is 0. The van der Waals surface area contributed by atoms with Gasteiger partial charge in [-0.1, -0.05) is 0 Å². The highest BCUT2D eigenvalue weighted by Crippen LogP contribution is 2.61. The van der Waals surface area contributed by atoms with Gasteiger partial charge in [0, 0.05) is 38.5 Å². The Kier molecular flexibility index (Phi) is 5.41. The Morgan fingerprint density at radius 2 is 1.67 bits per heavy atom. The summed E-state index contributed by atoms with van der Waals surface area (Å²) < 4.78 is 51.1. The molecule has 0 N–H and O–H groups in total. The van der Waals surface area contributed by atoms with Gasteiger partial charge in [-0.3, -0.25) is 14.7 Å². The molecule has 0 radical (unpaired) electrons. The SMILES string of the molecule is CS(=O)(=O)c1ccc(Oc2cc(COP(=O)(N3CC3)N3CC3)ccc2[N+](=O)[O-])cc1. The third-order valence-electron chi connectivity index (χ3n) is 4.66. The van der Waals surface area contributed by atoms with Gasteiger partial charge in [-0.15, -0.1) is 0 Å². The van der Waals surface area contributed by atoms with Crippen LogP contribution in [0.1, 0.15) is 5.56 Å². The predicted molar refractivity (Wildman–Crippen MR) is 108 cm³/mol. The fraction of sp³-hybridized carbons (Fsp3) is 0.333. The van der Waals surface area contributed by atoms with Crippen LogP contribution in [0.3, 0.4) is 0 Å². The molecule has 0 amide bonds. The van der Waals surface area contributed by atoms with Crippen molar-refractivity contribution < 1.29 is 27.2 Å². The summed E-state index contributed by atoms with van der Waals surface area (Å²) in [4.78, 5) is 10.9. The van der Waals surface area contributed by atoms with E-state index in [0.29, 0.717) is 5.56 Å². The second kappa shape index (κ2) is 7.75. The molecule has 2 saturated heterocycles. The van der Waals surface area contributed by atoms with Gasteiger partial charge < -0.3 is 9.26 Å². The molecule has 0 bridgehead atoms. The Labute approximate surface area is 173 Å². The minimum atomic E-state index is -3.36. The lowest BCUT2D eigenvalue weighted by Gasteiger charge is -2.19. The van der Waals surface area contributed by atoms with E-state index in [0.717, 1.165) is 32.4 Å². The first-order valence-electron chi connectivity index (χ1n) is 9.17. The predicted octanol–water partition coefficient (Wildman–Crippen LogP) is 3.05. The first-order valence-corrected chi connectivity index (χ1v) is 12.6. The van der Waals surface area contributed by atoms with Crippen LogP contribution in [0.2, 0.25) is 0 Å². The molecule has 2 fully saturated rings. The van der Waals surface area contributed by atoms with E-state index in [4.69, 9.17) is 9.26 Å². The maximum atomic E-state index is 13.0. The summed E-state index contributed by atoms with van der Waals surface area (Å²) in [6, 6.07) is 9.90. The zero-order valence-electron chi connectivity index (χ0n) is 16.1. The van der Waals surface area contributed by atoms with Crippen LogP contribution in [0.4, 0.5) is 5.69 Å². The molecular weight excluding hydrogens is 433 g/mol. The lowest BCUT2D eigenvalue weighted by atomic mass is 10.2. The van der Waals surface area contributed by atoms with Gasteiger partial charge in [0.1, 0.15) is 5.75 Å². The van der Waals surface area contributed by atoms with Crippen molar-refractivity contribution >= 4 is 23.2 Å². The number of ether oxygens (including phenoxy) is 1. The first kappa shape index (κ1) is 21.0. The first-order chi connectivity index (χ1) is 14.2. The van der Waals surface area contributed by atoms with Gasteiger partial charge in [0.15, 0.2) is 9.84 Å². The lowest BCUT2D eigenvalue weighted by molar-refractivity contribution is -0.385. The molecule has 10 nitrogen and oxygen atoms in total. The second-order valence-electron chi connectivity index (χ2n) is 7.08. The van der Waals surface area contributed by atoms with Crippen molar-refractivity contribution in [2.45, 2.75) is 11.5 Å². The van der Waals surface area contributed by atoms with Crippen LogP contribution < -0.4 is 4.74 Å². The van der Waals surface area contributed by atoms with Crippen molar-refractivity contribution in [1.82, 2.24) is 9.34 Å². The Morgan fingerprint density at radius 1 is 1.07 bits per heavy atom. The number of sulfone groups is 1.